The Morgan fingerprint density at radius 2 is 2.31 bits per heavy atom. The number of halogens is 1. The molecule has 0 radical (unpaired) electrons. The first-order chi connectivity index (χ1) is 5.99. The van der Waals surface area contributed by atoms with Crippen molar-refractivity contribution in [1.82, 2.24) is 5.32 Å². The molecule has 1 heterocycles. The lowest BCUT2D eigenvalue weighted by Crippen LogP contribution is -2.40. The van der Waals surface area contributed by atoms with Gasteiger partial charge < -0.3 is 5.32 Å². The third-order valence-electron chi connectivity index (χ3n) is 2.05. The van der Waals surface area contributed by atoms with Crippen LogP contribution in [0.2, 0.25) is 0 Å². The number of nitrogens with one attached hydrogen (secondary N) is 1. The predicted octanol–water partition coefficient (Wildman–Crippen LogP) is 1.06. The van der Waals surface area contributed by atoms with Gasteiger partial charge in [0.15, 0.2) is 9.84 Å². The van der Waals surface area contributed by atoms with Crippen molar-refractivity contribution in [2.24, 2.45) is 0 Å². The summed E-state index contributed by atoms with van der Waals surface area (Å²) in [5, 5.41) is 3.15. The van der Waals surface area contributed by atoms with Crippen LogP contribution in [0.1, 0.15) is 12.8 Å². The summed E-state index contributed by atoms with van der Waals surface area (Å²) < 4.78 is 23.3. The highest BCUT2D eigenvalue weighted by molar-refractivity contribution is 9.11. The summed E-state index contributed by atoms with van der Waals surface area (Å²) in [5.74, 6) is 0.619. The molecule has 1 fully saturated rings. The number of hydrogen-bond acceptors (Lipinski definition) is 3. The quantitative estimate of drug-likeness (QED) is 0.832. The van der Waals surface area contributed by atoms with Gasteiger partial charge in [-0.2, -0.15) is 0 Å². The minimum atomic E-state index is -2.79. The highest BCUT2D eigenvalue weighted by Gasteiger charge is 2.23. The molecule has 1 saturated heterocycles. The van der Waals surface area contributed by atoms with E-state index in [0.717, 1.165) is 17.3 Å². The molecular weight excluding hydrogens is 254 g/mol. The second kappa shape index (κ2) is 4.57. The molecule has 3 nitrogen and oxygen atoms in total. The second-order valence-electron chi connectivity index (χ2n) is 3.35. The lowest BCUT2D eigenvalue weighted by molar-refractivity contribution is 0.498. The number of rotatable bonds is 3. The molecule has 1 N–H and O–H groups in total. The zero-order valence-electron chi connectivity index (χ0n) is 7.42. The van der Waals surface area contributed by atoms with Gasteiger partial charge in [0.1, 0.15) is 0 Å². The van der Waals surface area contributed by atoms with Crippen molar-refractivity contribution in [3.63, 3.8) is 0 Å². The maximum Gasteiger partial charge on any atom is 0.151 e. The molecule has 0 aromatic rings. The zero-order valence-corrected chi connectivity index (χ0v) is 9.83. The molecular formula is C8H14BrNO2S. The fourth-order valence-electron chi connectivity index (χ4n) is 1.44. The lowest BCUT2D eigenvalue weighted by atomic mass is 10.2. The Bertz CT molecular complexity index is 287. The van der Waals surface area contributed by atoms with Crippen molar-refractivity contribution in [2.75, 3.05) is 18.1 Å². The minimum absolute atomic E-state index is 0.105. The predicted molar refractivity (Wildman–Crippen MR) is 57.7 cm³/mol. The molecule has 0 amide bonds. The molecule has 1 aliphatic heterocycles. The van der Waals surface area contributed by atoms with Gasteiger partial charge in [-0.05, 0) is 12.8 Å². The smallest absolute Gasteiger partial charge is 0.151 e. The molecule has 5 heteroatoms. The molecule has 0 aromatic carbocycles. The fourth-order valence-corrected chi connectivity index (χ4v) is 3.27. The summed E-state index contributed by atoms with van der Waals surface area (Å²) in [6, 6.07) is 0.105. The van der Waals surface area contributed by atoms with Crippen LogP contribution in [-0.4, -0.2) is 32.5 Å². The van der Waals surface area contributed by atoms with E-state index < -0.39 is 9.84 Å². The molecule has 1 unspecified atom stereocenters. The van der Waals surface area contributed by atoms with Gasteiger partial charge in [0.2, 0.25) is 0 Å². The summed E-state index contributed by atoms with van der Waals surface area (Å²) in [4.78, 5) is 0. The normalized spacial score (nSPS) is 27.0. The van der Waals surface area contributed by atoms with Crippen molar-refractivity contribution in [3.8, 4) is 0 Å². The average Bonchev–Trinajstić information content (AvgIpc) is 1.99. The van der Waals surface area contributed by atoms with Crippen LogP contribution >= 0.6 is 15.9 Å². The molecule has 1 atom stereocenters. The highest BCUT2D eigenvalue weighted by Crippen LogP contribution is 2.12. The van der Waals surface area contributed by atoms with E-state index in [4.69, 9.17) is 0 Å². The van der Waals surface area contributed by atoms with Crippen molar-refractivity contribution in [3.05, 3.63) is 11.1 Å². The van der Waals surface area contributed by atoms with Gasteiger partial charge in [0.05, 0.1) is 11.5 Å². The molecule has 0 spiro atoms. The first kappa shape index (κ1) is 11.2. The van der Waals surface area contributed by atoms with Crippen LogP contribution in [0, 0.1) is 0 Å². The monoisotopic (exact) mass is 267 g/mol. The van der Waals surface area contributed by atoms with Crippen LogP contribution in [0.15, 0.2) is 11.1 Å². The van der Waals surface area contributed by atoms with Gasteiger partial charge in [-0.25, -0.2) is 8.42 Å². The van der Waals surface area contributed by atoms with Crippen LogP contribution in [0.3, 0.4) is 0 Å². The highest BCUT2D eigenvalue weighted by atomic mass is 79.9. The topological polar surface area (TPSA) is 46.2 Å². The van der Waals surface area contributed by atoms with E-state index in [0.29, 0.717) is 12.3 Å². The summed E-state index contributed by atoms with van der Waals surface area (Å²) in [6.45, 7) is 4.32. The van der Waals surface area contributed by atoms with Gasteiger partial charge in [-0.15, -0.1) is 0 Å². The average molecular weight is 268 g/mol. The van der Waals surface area contributed by atoms with Crippen LogP contribution in [0.25, 0.3) is 0 Å². The Labute approximate surface area is 87.6 Å². The lowest BCUT2D eigenvalue weighted by Gasteiger charge is -2.22. The number of sulfone groups is 1. The molecule has 0 saturated carbocycles. The Morgan fingerprint density at radius 3 is 2.85 bits per heavy atom. The van der Waals surface area contributed by atoms with E-state index in [-0.39, 0.29) is 11.8 Å². The van der Waals surface area contributed by atoms with E-state index >= 15 is 0 Å². The molecule has 13 heavy (non-hydrogen) atoms. The fraction of sp³-hybridized carbons (Fsp3) is 0.750. The van der Waals surface area contributed by atoms with Crippen molar-refractivity contribution in [2.45, 2.75) is 18.9 Å². The van der Waals surface area contributed by atoms with Gasteiger partial charge >= 0.3 is 0 Å². The van der Waals surface area contributed by atoms with Crippen molar-refractivity contribution < 1.29 is 8.42 Å². The SMILES string of the molecule is C=C(Br)CNC1CCCS(=O)(=O)C1. The van der Waals surface area contributed by atoms with Crippen molar-refractivity contribution >= 4 is 25.8 Å². The summed E-state index contributed by atoms with van der Waals surface area (Å²) in [5.41, 5.74) is 0. The van der Waals surface area contributed by atoms with Crippen molar-refractivity contribution in [1.29, 1.82) is 0 Å². The third-order valence-corrected chi connectivity index (χ3v) is 4.15. The van der Waals surface area contributed by atoms with Gasteiger partial charge in [-0.3, -0.25) is 0 Å². The third kappa shape index (κ3) is 4.24. The Morgan fingerprint density at radius 1 is 1.62 bits per heavy atom. The molecule has 1 aliphatic rings. The Kier molecular flexibility index (Phi) is 3.94. The van der Waals surface area contributed by atoms with Crippen LogP contribution < -0.4 is 5.32 Å². The zero-order chi connectivity index (χ0) is 9.90. The minimum Gasteiger partial charge on any atom is -0.308 e. The molecule has 1 rings (SSSR count). The number of hydrogen-bond donors (Lipinski definition) is 1. The second-order valence-corrected chi connectivity index (χ2v) is 6.70. The van der Waals surface area contributed by atoms with Gasteiger partial charge in [0.25, 0.3) is 0 Å². The van der Waals surface area contributed by atoms with Gasteiger partial charge in [-0.1, -0.05) is 22.5 Å². The maximum absolute atomic E-state index is 11.2. The van der Waals surface area contributed by atoms with E-state index in [1.807, 2.05) is 0 Å². The van der Waals surface area contributed by atoms with E-state index in [1.165, 1.54) is 0 Å². The van der Waals surface area contributed by atoms with Gasteiger partial charge in [0, 0.05) is 17.1 Å². The molecule has 0 bridgehead atoms. The first-order valence-electron chi connectivity index (χ1n) is 4.27. The van der Waals surface area contributed by atoms with E-state index in [1.54, 1.807) is 0 Å². The standard InChI is InChI=1S/C8H14BrNO2S/c1-7(9)5-10-8-3-2-4-13(11,12)6-8/h8,10H,1-6H2. The maximum atomic E-state index is 11.2. The Hall–Kier alpha value is 0.130. The first-order valence-corrected chi connectivity index (χ1v) is 6.88. The summed E-state index contributed by atoms with van der Waals surface area (Å²) in [6.07, 6.45) is 1.72. The summed E-state index contributed by atoms with van der Waals surface area (Å²) in [7, 11) is -2.79. The van der Waals surface area contributed by atoms with Crippen LogP contribution in [0.4, 0.5) is 0 Å². The summed E-state index contributed by atoms with van der Waals surface area (Å²) >= 11 is 3.22. The Balaban J connectivity index is 2.39. The molecule has 0 aromatic heterocycles. The largest absolute Gasteiger partial charge is 0.308 e. The molecule has 0 aliphatic carbocycles. The van der Waals surface area contributed by atoms with Crippen LogP contribution in [0.5, 0.6) is 0 Å². The van der Waals surface area contributed by atoms with Crippen LogP contribution in [-0.2, 0) is 9.84 Å². The molecule has 76 valence electrons. The van der Waals surface area contributed by atoms with E-state index in [9.17, 15) is 8.42 Å². The van der Waals surface area contributed by atoms with E-state index in [2.05, 4.69) is 27.8 Å².